The number of hydrogen-bond donors (Lipinski definition) is 2. The average molecular weight is 324 g/mol. The van der Waals surface area contributed by atoms with Crippen LogP contribution in [0.3, 0.4) is 0 Å². The molecule has 1 saturated heterocycles. The van der Waals surface area contributed by atoms with Crippen molar-refractivity contribution in [3.63, 3.8) is 0 Å². The third kappa shape index (κ3) is 4.04. The van der Waals surface area contributed by atoms with Gasteiger partial charge in [0.1, 0.15) is 5.69 Å². The molecule has 1 aliphatic rings. The Morgan fingerprint density at radius 1 is 1.08 bits per heavy atom. The van der Waals surface area contributed by atoms with Crippen LogP contribution in [0, 0.1) is 0 Å². The fourth-order valence-electron chi connectivity index (χ4n) is 2.97. The Labute approximate surface area is 142 Å². The zero-order valence-corrected chi connectivity index (χ0v) is 14.1. The van der Waals surface area contributed by atoms with E-state index < -0.39 is 0 Å². The molecule has 2 heterocycles. The Morgan fingerprint density at radius 2 is 1.79 bits per heavy atom. The van der Waals surface area contributed by atoms with E-state index in [0.717, 1.165) is 24.4 Å². The molecule has 3 rings (SSSR count). The number of hydrazone groups is 1. The topological polar surface area (TPSA) is 60.5 Å². The monoisotopic (exact) mass is 324 g/mol. The van der Waals surface area contributed by atoms with Gasteiger partial charge in [-0.2, -0.15) is 5.10 Å². The molecule has 0 radical (unpaired) electrons. The lowest BCUT2D eigenvalue weighted by atomic mass is 10.1. The van der Waals surface area contributed by atoms with E-state index in [1.807, 2.05) is 6.92 Å². The van der Waals surface area contributed by atoms with Gasteiger partial charge in [-0.1, -0.05) is 25.0 Å². The van der Waals surface area contributed by atoms with Crippen molar-refractivity contribution >= 4 is 17.3 Å². The van der Waals surface area contributed by atoms with Gasteiger partial charge in [0.15, 0.2) is 0 Å². The molecule has 1 fully saturated rings. The fraction of sp³-hybridized carbons (Fsp3) is 0.368. The molecule has 0 atom stereocenters. The van der Waals surface area contributed by atoms with E-state index in [1.165, 1.54) is 31.4 Å². The molecule has 1 amide bonds. The summed E-state index contributed by atoms with van der Waals surface area (Å²) in [5.74, 6) is -0.236. The van der Waals surface area contributed by atoms with Gasteiger partial charge >= 0.3 is 0 Å². The zero-order chi connectivity index (χ0) is 16.8. The molecule has 1 aromatic carbocycles. The van der Waals surface area contributed by atoms with E-state index in [1.54, 1.807) is 18.3 Å². The predicted octanol–water partition coefficient (Wildman–Crippen LogP) is 3.55. The van der Waals surface area contributed by atoms with Crippen LogP contribution in [0.1, 0.15) is 48.7 Å². The Bertz CT molecular complexity index is 681. The zero-order valence-electron chi connectivity index (χ0n) is 14.1. The molecule has 1 aliphatic heterocycles. The summed E-state index contributed by atoms with van der Waals surface area (Å²) < 4.78 is 0. The maximum atomic E-state index is 11.9. The molecule has 1 aromatic heterocycles. The van der Waals surface area contributed by atoms with Gasteiger partial charge in [0, 0.05) is 25.0 Å². The maximum absolute atomic E-state index is 11.9. The molecule has 5 nitrogen and oxygen atoms in total. The standard InChI is InChI=1S/C19H24N4O/c1-15(21-22-19(24)18-7-6-12-20-18)16-8-10-17(11-9-16)23-13-4-2-3-5-14-23/h6-12,20H,2-5,13-14H2,1H3,(H,22,24)/b21-15-. The first-order valence-corrected chi connectivity index (χ1v) is 8.57. The van der Waals surface area contributed by atoms with Crippen molar-refractivity contribution < 1.29 is 4.79 Å². The quantitative estimate of drug-likeness (QED) is 0.667. The Hall–Kier alpha value is -2.56. The van der Waals surface area contributed by atoms with Gasteiger partial charge in [-0.15, -0.1) is 0 Å². The first-order chi connectivity index (χ1) is 11.7. The second-order valence-electron chi connectivity index (χ2n) is 6.17. The summed E-state index contributed by atoms with van der Waals surface area (Å²) in [5, 5.41) is 4.19. The van der Waals surface area contributed by atoms with Crippen molar-refractivity contribution in [2.75, 3.05) is 18.0 Å². The van der Waals surface area contributed by atoms with E-state index >= 15 is 0 Å². The molecule has 0 spiro atoms. The minimum Gasteiger partial charge on any atom is -0.372 e. The van der Waals surface area contributed by atoms with Gasteiger partial charge < -0.3 is 9.88 Å². The molecule has 2 aromatic rings. The number of aromatic amines is 1. The Kier molecular flexibility index (Phi) is 5.31. The molecular formula is C19H24N4O. The van der Waals surface area contributed by atoms with Gasteiger partial charge in [-0.05, 0) is 49.6 Å². The number of benzene rings is 1. The fourth-order valence-corrected chi connectivity index (χ4v) is 2.97. The first kappa shape index (κ1) is 16.3. The number of nitrogens with one attached hydrogen (secondary N) is 2. The van der Waals surface area contributed by atoms with Crippen LogP contribution in [0.2, 0.25) is 0 Å². The van der Waals surface area contributed by atoms with Gasteiger partial charge in [0.05, 0.1) is 5.71 Å². The lowest BCUT2D eigenvalue weighted by Crippen LogP contribution is -2.23. The highest BCUT2D eigenvalue weighted by Gasteiger charge is 2.10. The number of nitrogens with zero attached hydrogens (tertiary/aromatic N) is 2. The van der Waals surface area contributed by atoms with Gasteiger partial charge in [-0.3, -0.25) is 4.79 Å². The van der Waals surface area contributed by atoms with E-state index in [-0.39, 0.29) is 5.91 Å². The number of H-pyrrole nitrogens is 1. The molecule has 0 unspecified atom stereocenters. The van der Waals surface area contributed by atoms with Crippen molar-refractivity contribution in [3.05, 3.63) is 53.9 Å². The molecule has 24 heavy (non-hydrogen) atoms. The summed E-state index contributed by atoms with van der Waals surface area (Å²) in [6.45, 7) is 4.17. The highest BCUT2D eigenvalue weighted by Crippen LogP contribution is 2.20. The van der Waals surface area contributed by atoms with Gasteiger partial charge in [-0.25, -0.2) is 5.43 Å². The van der Waals surface area contributed by atoms with Gasteiger partial charge in [0.25, 0.3) is 5.91 Å². The minimum absolute atomic E-state index is 0.236. The van der Waals surface area contributed by atoms with Gasteiger partial charge in [0.2, 0.25) is 0 Å². The lowest BCUT2D eigenvalue weighted by molar-refractivity contribution is 0.0950. The van der Waals surface area contributed by atoms with Crippen molar-refractivity contribution in [1.29, 1.82) is 0 Å². The summed E-state index contributed by atoms with van der Waals surface area (Å²) in [4.78, 5) is 17.2. The molecule has 5 heteroatoms. The number of carbonyl (C=O) groups is 1. The highest BCUT2D eigenvalue weighted by molar-refractivity contribution is 6.00. The summed E-state index contributed by atoms with van der Waals surface area (Å²) in [6.07, 6.45) is 6.93. The third-order valence-electron chi connectivity index (χ3n) is 4.42. The number of amides is 1. The summed E-state index contributed by atoms with van der Waals surface area (Å²) in [7, 11) is 0. The molecule has 0 bridgehead atoms. The lowest BCUT2D eigenvalue weighted by Gasteiger charge is -2.22. The van der Waals surface area contributed by atoms with Crippen LogP contribution in [0.4, 0.5) is 5.69 Å². The van der Waals surface area contributed by atoms with Crippen LogP contribution in [0.5, 0.6) is 0 Å². The van der Waals surface area contributed by atoms with E-state index in [2.05, 4.69) is 44.7 Å². The maximum Gasteiger partial charge on any atom is 0.287 e. The van der Waals surface area contributed by atoms with Crippen LogP contribution in [-0.4, -0.2) is 29.7 Å². The number of aromatic nitrogens is 1. The molecule has 2 N–H and O–H groups in total. The predicted molar refractivity (Wildman–Crippen MR) is 97.6 cm³/mol. The van der Waals surface area contributed by atoms with Crippen LogP contribution in [-0.2, 0) is 0 Å². The largest absolute Gasteiger partial charge is 0.372 e. The van der Waals surface area contributed by atoms with E-state index in [9.17, 15) is 4.79 Å². The number of rotatable bonds is 4. The normalized spacial score (nSPS) is 15.9. The highest BCUT2D eigenvalue weighted by atomic mass is 16.2. The van der Waals surface area contributed by atoms with Crippen molar-refractivity contribution in [2.24, 2.45) is 5.10 Å². The van der Waals surface area contributed by atoms with E-state index in [4.69, 9.17) is 0 Å². The van der Waals surface area contributed by atoms with Crippen LogP contribution >= 0.6 is 0 Å². The molecular weight excluding hydrogens is 300 g/mol. The summed E-state index contributed by atoms with van der Waals surface area (Å²) in [5.41, 5.74) is 6.15. The van der Waals surface area contributed by atoms with Crippen molar-refractivity contribution in [3.8, 4) is 0 Å². The number of anilines is 1. The Morgan fingerprint density at radius 3 is 2.42 bits per heavy atom. The van der Waals surface area contributed by atoms with Crippen LogP contribution < -0.4 is 10.3 Å². The minimum atomic E-state index is -0.236. The first-order valence-electron chi connectivity index (χ1n) is 8.57. The summed E-state index contributed by atoms with van der Waals surface area (Å²) >= 11 is 0. The van der Waals surface area contributed by atoms with E-state index in [0.29, 0.717) is 5.69 Å². The number of carbonyl (C=O) groups excluding carboxylic acids is 1. The van der Waals surface area contributed by atoms with Crippen molar-refractivity contribution in [1.82, 2.24) is 10.4 Å². The average Bonchev–Trinajstić information content (AvgIpc) is 3.02. The smallest absolute Gasteiger partial charge is 0.287 e. The Balaban J connectivity index is 1.63. The SMILES string of the molecule is C/C(=N/NC(=O)c1ccc[nH]1)c1ccc(N2CCCCCC2)cc1. The second kappa shape index (κ2) is 7.81. The van der Waals surface area contributed by atoms with Crippen molar-refractivity contribution in [2.45, 2.75) is 32.6 Å². The molecule has 0 aliphatic carbocycles. The van der Waals surface area contributed by atoms with Crippen LogP contribution in [0.25, 0.3) is 0 Å². The second-order valence-corrected chi connectivity index (χ2v) is 6.17. The van der Waals surface area contributed by atoms with Crippen LogP contribution in [0.15, 0.2) is 47.7 Å². The molecule has 126 valence electrons. The third-order valence-corrected chi connectivity index (χ3v) is 4.42. The molecule has 0 saturated carbocycles. The summed E-state index contributed by atoms with van der Waals surface area (Å²) in [6, 6.07) is 11.9. The number of hydrogen-bond acceptors (Lipinski definition) is 3.